The number of carbonyl (C=O) groups excluding carboxylic acids is 2. The number of hydrogen-bond acceptors (Lipinski definition) is 2. The van der Waals surface area contributed by atoms with E-state index in [9.17, 15) is 9.59 Å². The largest absolute Gasteiger partial charge is 0.354 e. The van der Waals surface area contributed by atoms with Crippen LogP contribution in [0.15, 0.2) is 18.2 Å². The molecule has 2 amide bonds. The molecule has 1 heterocycles. The minimum absolute atomic E-state index is 0.0608. The molecule has 2 rings (SSSR count). The Labute approximate surface area is 127 Å². The van der Waals surface area contributed by atoms with Gasteiger partial charge in [-0.25, -0.2) is 0 Å². The van der Waals surface area contributed by atoms with Crippen LogP contribution in [0.4, 0.5) is 0 Å². The number of nitrogens with one attached hydrogen (secondary N) is 2. The Balaban J connectivity index is 1.82. The molecule has 0 aromatic heterocycles. The maximum absolute atomic E-state index is 11.9. The van der Waals surface area contributed by atoms with Gasteiger partial charge in [-0.15, -0.1) is 0 Å². The van der Waals surface area contributed by atoms with Crippen LogP contribution >= 0.6 is 23.2 Å². The van der Waals surface area contributed by atoms with Gasteiger partial charge in [0.05, 0.1) is 10.0 Å². The molecule has 1 aromatic carbocycles. The first-order valence-corrected chi connectivity index (χ1v) is 7.33. The summed E-state index contributed by atoms with van der Waals surface area (Å²) < 4.78 is 0. The first-order valence-electron chi connectivity index (χ1n) is 6.58. The van der Waals surface area contributed by atoms with E-state index in [-0.39, 0.29) is 11.8 Å². The van der Waals surface area contributed by atoms with Gasteiger partial charge >= 0.3 is 0 Å². The van der Waals surface area contributed by atoms with Gasteiger partial charge in [0.1, 0.15) is 6.04 Å². The minimum Gasteiger partial charge on any atom is -0.354 e. The summed E-state index contributed by atoms with van der Waals surface area (Å²) >= 11 is 12.0. The Hall–Kier alpha value is -1.26. The zero-order chi connectivity index (χ0) is 14.5. The van der Waals surface area contributed by atoms with E-state index in [4.69, 9.17) is 23.2 Å². The smallest absolute Gasteiger partial charge is 0.242 e. The highest BCUT2D eigenvalue weighted by atomic mass is 35.5. The van der Waals surface area contributed by atoms with E-state index in [1.54, 1.807) is 6.07 Å². The van der Waals surface area contributed by atoms with Crippen molar-refractivity contribution in [1.29, 1.82) is 0 Å². The van der Waals surface area contributed by atoms with Crippen molar-refractivity contribution in [3.63, 3.8) is 0 Å². The minimum atomic E-state index is -0.411. The fourth-order valence-electron chi connectivity index (χ4n) is 2.19. The van der Waals surface area contributed by atoms with Gasteiger partial charge in [0.2, 0.25) is 11.8 Å². The Morgan fingerprint density at radius 1 is 1.40 bits per heavy atom. The highest BCUT2D eigenvalue weighted by molar-refractivity contribution is 6.42. The first kappa shape index (κ1) is 15.1. The molecule has 20 heavy (non-hydrogen) atoms. The zero-order valence-corrected chi connectivity index (χ0v) is 12.4. The SMILES string of the molecule is O=C1CCC[C@H](C(=O)NCCc2cccc(Cl)c2Cl)N1. The zero-order valence-electron chi connectivity index (χ0n) is 10.9. The summed E-state index contributed by atoms with van der Waals surface area (Å²) in [6.45, 7) is 0.464. The van der Waals surface area contributed by atoms with Crippen LogP contribution in [0.1, 0.15) is 24.8 Å². The molecule has 1 saturated heterocycles. The van der Waals surface area contributed by atoms with Crippen LogP contribution in [0, 0.1) is 0 Å². The molecule has 1 atom stereocenters. The Morgan fingerprint density at radius 3 is 2.95 bits per heavy atom. The van der Waals surface area contributed by atoms with Gasteiger partial charge in [-0.05, 0) is 30.9 Å². The summed E-state index contributed by atoms with van der Waals surface area (Å²) in [5.74, 6) is -0.203. The lowest BCUT2D eigenvalue weighted by atomic mass is 10.0. The predicted octanol–water partition coefficient (Wildman–Crippen LogP) is 2.32. The molecule has 0 spiro atoms. The van der Waals surface area contributed by atoms with Gasteiger partial charge in [0, 0.05) is 13.0 Å². The highest BCUT2D eigenvalue weighted by Crippen LogP contribution is 2.25. The molecule has 1 aliphatic rings. The summed E-state index contributed by atoms with van der Waals surface area (Å²) in [4.78, 5) is 23.1. The van der Waals surface area contributed by atoms with E-state index in [1.165, 1.54) is 0 Å². The molecule has 1 aromatic rings. The number of amides is 2. The van der Waals surface area contributed by atoms with Gasteiger partial charge in [-0.2, -0.15) is 0 Å². The van der Waals surface area contributed by atoms with Crippen LogP contribution in [-0.2, 0) is 16.0 Å². The molecule has 1 aliphatic heterocycles. The molecule has 6 heteroatoms. The molecule has 0 saturated carbocycles. The Bertz CT molecular complexity index is 520. The monoisotopic (exact) mass is 314 g/mol. The van der Waals surface area contributed by atoms with Crippen molar-refractivity contribution in [2.45, 2.75) is 31.7 Å². The highest BCUT2D eigenvalue weighted by Gasteiger charge is 2.24. The maximum Gasteiger partial charge on any atom is 0.242 e. The molecule has 0 radical (unpaired) electrons. The van der Waals surface area contributed by atoms with Crippen molar-refractivity contribution in [3.8, 4) is 0 Å². The second kappa shape index (κ2) is 6.95. The van der Waals surface area contributed by atoms with Crippen LogP contribution in [0.25, 0.3) is 0 Å². The van der Waals surface area contributed by atoms with Crippen LogP contribution in [-0.4, -0.2) is 24.4 Å². The molecule has 108 valence electrons. The number of piperidine rings is 1. The summed E-state index contributed by atoms with van der Waals surface area (Å²) in [6.07, 6.45) is 2.55. The molecule has 2 N–H and O–H groups in total. The molecular formula is C14H16Cl2N2O2. The van der Waals surface area contributed by atoms with E-state index in [0.717, 1.165) is 12.0 Å². The summed E-state index contributed by atoms with van der Waals surface area (Å²) in [6, 6.07) is 5.02. The molecule has 0 bridgehead atoms. The second-order valence-electron chi connectivity index (χ2n) is 4.77. The van der Waals surface area contributed by atoms with Crippen molar-refractivity contribution in [2.75, 3.05) is 6.54 Å². The number of benzene rings is 1. The normalized spacial score (nSPS) is 18.5. The standard InChI is InChI=1S/C14H16Cl2N2O2/c15-10-4-1-3-9(13(10)16)7-8-17-14(20)11-5-2-6-12(19)18-11/h1,3-4,11H,2,5-8H2,(H,17,20)(H,18,19)/t11-/m1/s1. The number of carbonyl (C=O) groups is 2. The van der Waals surface area contributed by atoms with E-state index >= 15 is 0 Å². The topological polar surface area (TPSA) is 58.2 Å². The van der Waals surface area contributed by atoms with Gasteiger partial charge in [0.25, 0.3) is 0 Å². The van der Waals surface area contributed by atoms with Gasteiger partial charge < -0.3 is 10.6 Å². The molecule has 4 nitrogen and oxygen atoms in total. The average molecular weight is 315 g/mol. The van der Waals surface area contributed by atoms with Gasteiger partial charge in [0.15, 0.2) is 0 Å². The summed E-state index contributed by atoms with van der Waals surface area (Å²) in [5.41, 5.74) is 0.896. The van der Waals surface area contributed by atoms with Crippen LogP contribution in [0.2, 0.25) is 10.0 Å². The van der Waals surface area contributed by atoms with Crippen molar-refractivity contribution in [2.24, 2.45) is 0 Å². The lowest BCUT2D eigenvalue weighted by molar-refractivity contribution is -0.130. The second-order valence-corrected chi connectivity index (χ2v) is 5.55. The Morgan fingerprint density at radius 2 is 2.20 bits per heavy atom. The van der Waals surface area contributed by atoms with Crippen LogP contribution < -0.4 is 10.6 Å². The van der Waals surface area contributed by atoms with E-state index in [2.05, 4.69) is 10.6 Å². The van der Waals surface area contributed by atoms with Crippen molar-refractivity contribution < 1.29 is 9.59 Å². The number of hydrogen-bond donors (Lipinski definition) is 2. The van der Waals surface area contributed by atoms with Crippen LogP contribution in [0.3, 0.4) is 0 Å². The lowest BCUT2D eigenvalue weighted by Crippen LogP contribution is -2.49. The molecular weight excluding hydrogens is 299 g/mol. The average Bonchev–Trinajstić information content (AvgIpc) is 2.43. The first-order chi connectivity index (χ1) is 9.58. The molecule has 0 aliphatic carbocycles. The lowest BCUT2D eigenvalue weighted by Gasteiger charge is -2.22. The fraction of sp³-hybridized carbons (Fsp3) is 0.429. The number of halogens is 2. The van der Waals surface area contributed by atoms with Crippen molar-refractivity contribution in [3.05, 3.63) is 33.8 Å². The van der Waals surface area contributed by atoms with Gasteiger partial charge in [-0.1, -0.05) is 35.3 Å². The molecule has 1 fully saturated rings. The molecule has 0 unspecified atom stereocenters. The van der Waals surface area contributed by atoms with Crippen molar-refractivity contribution >= 4 is 35.0 Å². The van der Waals surface area contributed by atoms with E-state index in [0.29, 0.717) is 35.9 Å². The van der Waals surface area contributed by atoms with E-state index < -0.39 is 6.04 Å². The quantitative estimate of drug-likeness (QED) is 0.896. The third-order valence-electron chi connectivity index (χ3n) is 3.27. The Kier molecular flexibility index (Phi) is 5.26. The maximum atomic E-state index is 11.9. The third kappa shape index (κ3) is 3.87. The summed E-state index contributed by atoms with van der Waals surface area (Å²) in [7, 11) is 0. The predicted molar refractivity (Wildman–Crippen MR) is 79.0 cm³/mol. The fourth-order valence-corrected chi connectivity index (χ4v) is 2.60. The third-order valence-corrected chi connectivity index (χ3v) is 4.13. The number of rotatable bonds is 4. The van der Waals surface area contributed by atoms with E-state index in [1.807, 2.05) is 12.1 Å². The van der Waals surface area contributed by atoms with Crippen LogP contribution in [0.5, 0.6) is 0 Å². The van der Waals surface area contributed by atoms with Crippen molar-refractivity contribution in [1.82, 2.24) is 10.6 Å². The summed E-state index contributed by atoms with van der Waals surface area (Å²) in [5, 5.41) is 6.53. The van der Waals surface area contributed by atoms with Gasteiger partial charge in [-0.3, -0.25) is 9.59 Å².